The molecule has 0 saturated heterocycles. The fraction of sp³-hybridized carbons (Fsp3) is 0.400. The average molecular weight is 275 g/mol. The van der Waals surface area contributed by atoms with Gasteiger partial charge in [-0.2, -0.15) is 0 Å². The second-order valence-electron chi connectivity index (χ2n) is 4.82. The molecule has 3 nitrogen and oxygen atoms in total. The summed E-state index contributed by atoms with van der Waals surface area (Å²) >= 11 is 1.70. The lowest BCUT2D eigenvalue weighted by atomic mass is 10.0. The predicted octanol–water partition coefficient (Wildman–Crippen LogP) is 2.63. The Morgan fingerprint density at radius 3 is 2.42 bits per heavy atom. The standard InChI is InChI=1S/C15H21N3S/c1-3-12-4-6-13(7-5-12)8-14(18-16)9-15-17-11(2)10-19-15/h4-7,10,14,18H,3,8-9,16H2,1-2H3. The van der Waals surface area contributed by atoms with Crippen LogP contribution in [0.2, 0.25) is 0 Å². The zero-order valence-electron chi connectivity index (χ0n) is 11.5. The van der Waals surface area contributed by atoms with Gasteiger partial charge >= 0.3 is 0 Å². The van der Waals surface area contributed by atoms with Gasteiger partial charge in [-0.05, 0) is 30.9 Å². The van der Waals surface area contributed by atoms with Crippen molar-refractivity contribution < 1.29 is 0 Å². The molecule has 0 bridgehead atoms. The molecule has 1 atom stereocenters. The third kappa shape index (κ3) is 4.13. The second kappa shape index (κ2) is 6.80. The summed E-state index contributed by atoms with van der Waals surface area (Å²) in [6.07, 6.45) is 2.89. The molecule has 0 radical (unpaired) electrons. The van der Waals surface area contributed by atoms with E-state index in [0.717, 1.165) is 30.0 Å². The quantitative estimate of drug-likeness (QED) is 0.629. The van der Waals surface area contributed by atoms with Crippen molar-refractivity contribution in [1.82, 2.24) is 10.4 Å². The molecule has 0 spiro atoms. The van der Waals surface area contributed by atoms with Gasteiger partial charge in [-0.1, -0.05) is 31.2 Å². The fourth-order valence-corrected chi connectivity index (χ4v) is 2.95. The number of aryl methyl sites for hydroxylation is 2. The largest absolute Gasteiger partial charge is 0.271 e. The third-order valence-electron chi connectivity index (χ3n) is 3.24. The highest BCUT2D eigenvalue weighted by molar-refractivity contribution is 7.09. The van der Waals surface area contributed by atoms with Gasteiger partial charge in [0, 0.05) is 23.5 Å². The fourth-order valence-electron chi connectivity index (χ4n) is 2.09. The van der Waals surface area contributed by atoms with E-state index in [4.69, 9.17) is 5.84 Å². The van der Waals surface area contributed by atoms with Gasteiger partial charge in [-0.25, -0.2) is 4.98 Å². The zero-order valence-corrected chi connectivity index (χ0v) is 12.3. The Labute approximate surface area is 118 Å². The Bertz CT molecular complexity index is 504. The molecule has 2 aromatic rings. The summed E-state index contributed by atoms with van der Waals surface area (Å²) in [4.78, 5) is 4.49. The molecule has 0 fully saturated rings. The molecule has 19 heavy (non-hydrogen) atoms. The van der Waals surface area contributed by atoms with Crippen molar-refractivity contribution >= 4 is 11.3 Å². The number of rotatable bonds is 6. The minimum Gasteiger partial charge on any atom is -0.271 e. The summed E-state index contributed by atoms with van der Waals surface area (Å²) in [5, 5.41) is 3.23. The lowest BCUT2D eigenvalue weighted by molar-refractivity contribution is 0.521. The van der Waals surface area contributed by atoms with Gasteiger partial charge in [0.2, 0.25) is 0 Å². The van der Waals surface area contributed by atoms with Gasteiger partial charge in [0.15, 0.2) is 0 Å². The van der Waals surface area contributed by atoms with Crippen LogP contribution in [-0.4, -0.2) is 11.0 Å². The van der Waals surface area contributed by atoms with Crippen LogP contribution in [0.4, 0.5) is 0 Å². The van der Waals surface area contributed by atoms with E-state index in [2.05, 4.69) is 47.0 Å². The molecule has 3 N–H and O–H groups in total. The first-order chi connectivity index (χ1) is 9.21. The Hall–Kier alpha value is -1.23. The van der Waals surface area contributed by atoms with E-state index in [1.54, 1.807) is 11.3 Å². The first kappa shape index (κ1) is 14.2. The highest BCUT2D eigenvalue weighted by atomic mass is 32.1. The number of thiazole rings is 1. The molecule has 2 rings (SSSR count). The van der Waals surface area contributed by atoms with Gasteiger partial charge in [0.05, 0.1) is 5.01 Å². The first-order valence-corrected chi connectivity index (χ1v) is 7.54. The number of aromatic nitrogens is 1. The van der Waals surface area contributed by atoms with Crippen molar-refractivity contribution in [3.8, 4) is 0 Å². The number of hydrogen-bond donors (Lipinski definition) is 2. The van der Waals surface area contributed by atoms with E-state index in [1.165, 1.54) is 11.1 Å². The van der Waals surface area contributed by atoms with Crippen LogP contribution in [0.5, 0.6) is 0 Å². The van der Waals surface area contributed by atoms with E-state index in [-0.39, 0.29) is 6.04 Å². The predicted molar refractivity (Wildman–Crippen MR) is 81.2 cm³/mol. The molecule has 0 saturated carbocycles. The van der Waals surface area contributed by atoms with Gasteiger partial charge in [0.1, 0.15) is 0 Å². The van der Waals surface area contributed by atoms with E-state index < -0.39 is 0 Å². The van der Waals surface area contributed by atoms with Crippen molar-refractivity contribution in [3.63, 3.8) is 0 Å². The molecule has 1 aromatic heterocycles. The van der Waals surface area contributed by atoms with Crippen LogP contribution in [0.25, 0.3) is 0 Å². The van der Waals surface area contributed by atoms with Crippen LogP contribution in [-0.2, 0) is 19.3 Å². The summed E-state index contributed by atoms with van der Waals surface area (Å²) in [6.45, 7) is 4.19. The minimum absolute atomic E-state index is 0.234. The average Bonchev–Trinajstić information content (AvgIpc) is 2.84. The van der Waals surface area contributed by atoms with Crippen LogP contribution in [0, 0.1) is 6.92 Å². The third-order valence-corrected chi connectivity index (χ3v) is 4.23. The molecule has 0 amide bonds. The highest BCUT2D eigenvalue weighted by Gasteiger charge is 2.11. The maximum Gasteiger partial charge on any atom is 0.0944 e. The number of hydrazine groups is 1. The molecule has 102 valence electrons. The summed E-state index contributed by atoms with van der Waals surface area (Å²) in [6, 6.07) is 9.00. The molecule has 1 heterocycles. The van der Waals surface area contributed by atoms with Gasteiger partial charge in [0.25, 0.3) is 0 Å². The van der Waals surface area contributed by atoms with Crippen LogP contribution in [0.1, 0.15) is 28.8 Å². The second-order valence-corrected chi connectivity index (χ2v) is 5.77. The number of benzene rings is 1. The SMILES string of the molecule is CCc1ccc(CC(Cc2nc(C)cs2)NN)cc1. The summed E-state index contributed by atoms with van der Waals surface area (Å²) in [5.41, 5.74) is 6.67. The first-order valence-electron chi connectivity index (χ1n) is 6.66. The maximum absolute atomic E-state index is 5.66. The Morgan fingerprint density at radius 1 is 1.21 bits per heavy atom. The Morgan fingerprint density at radius 2 is 1.89 bits per heavy atom. The van der Waals surface area contributed by atoms with Gasteiger partial charge in [-0.15, -0.1) is 11.3 Å². The maximum atomic E-state index is 5.66. The molecule has 0 aliphatic carbocycles. The molecule has 0 aliphatic rings. The summed E-state index contributed by atoms with van der Waals surface area (Å²) in [5.74, 6) is 5.66. The smallest absolute Gasteiger partial charge is 0.0944 e. The van der Waals surface area contributed by atoms with Crippen LogP contribution >= 0.6 is 11.3 Å². The van der Waals surface area contributed by atoms with Crippen molar-refractivity contribution in [3.05, 3.63) is 51.5 Å². The lowest BCUT2D eigenvalue weighted by Crippen LogP contribution is -2.38. The van der Waals surface area contributed by atoms with Crippen LogP contribution in [0.3, 0.4) is 0 Å². The van der Waals surface area contributed by atoms with Crippen molar-refractivity contribution in [2.45, 2.75) is 39.2 Å². The minimum atomic E-state index is 0.234. The van der Waals surface area contributed by atoms with E-state index in [9.17, 15) is 0 Å². The number of nitrogens with one attached hydrogen (secondary N) is 1. The number of hydrogen-bond acceptors (Lipinski definition) is 4. The summed E-state index contributed by atoms with van der Waals surface area (Å²) in [7, 11) is 0. The van der Waals surface area contributed by atoms with E-state index in [0.29, 0.717) is 0 Å². The van der Waals surface area contributed by atoms with Crippen molar-refractivity contribution in [1.29, 1.82) is 0 Å². The van der Waals surface area contributed by atoms with Gasteiger partial charge < -0.3 is 0 Å². The molecular weight excluding hydrogens is 254 g/mol. The van der Waals surface area contributed by atoms with Crippen LogP contribution < -0.4 is 11.3 Å². The molecule has 4 heteroatoms. The topological polar surface area (TPSA) is 50.9 Å². The van der Waals surface area contributed by atoms with Crippen molar-refractivity contribution in [2.75, 3.05) is 0 Å². The number of nitrogens with two attached hydrogens (primary N) is 1. The molecule has 0 aliphatic heterocycles. The summed E-state index contributed by atoms with van der Waals surface area (Å²) < 4.78 is 0. The van der Waals surface area contributed by atoms with E-state index in [1.807, 2.05) is 6.92 Å². The monoisotopic (exact) mass is 275 g/mol. The number of nitrogens with zero attached hydrogens (tertiary/aromatic N) is 1. The lowest BCUT2D eigenvalue weighted by Gasteiger charge is -2.14. The van der Waals surface area contributed by atoms with Crippen molar-refractivity contribution in [2.24, 2.45) is 5.84 Å². The zero-order chi connectivity index (χ0) is 13.7. The Balaban J connectivity index is 1.97. The van der Waals surface area contributed by atoms with E-state index >= 15 is 0 Å². The molecule has 1 aromatic carbocycles. The van der Waals surface area contributed by atoms with Gasteiger partial charge in [-0.3, -0.25) is 11.3 Å². The molecular formula is C15H21N3S. The van der Waals surface area contributed by atoms with Crippen LogP contribution in [0.15, 0.2) is 29.6 Å². The highest BCUT2D eigenvalue weighted by Crippen LogP contribution is 2.14. The Kier molecular flexibility index (Phi) is 5.07. The normalized spacial score (nSPS) is 12.6. The molecule has 1 unspecified atom stereocenters.